The smallest absolute Gasteiger partial charge is 0.0835 e. The van der Waals surface area contributed by atoms with Crippen LogP contribution in [-0.2, 0) is 0 Å². The van der Waals surface area contributed by atoms with Crippen molar-refractivity contribution >= 4 is 0 Å². The van der Waals surface area contributed by atoms with Crippen molar-refractivity contribution in [1.82, 2.24) is 0 Å². The number of hydrogen-bond acceptors (Lipinski definition) is 2. The zero-order chi connectivity index (χ0) is 21.8. The maximum absolute atomic E-state index is 11.5. The van der Waals surface area contributed by atoms with E-state index in [1.165, 1.54) is 57.8 Å². The predicted octanol–water partition coefficient (Wildman–Crippen LogP) is 6.69. The SMILES string of the molecule is CC(C)CCC[C@@H](C)[C@H]1CC[C@H]2[C@@H]3[C@@H](O)[C@H](O)[C@H]4C[C@@H](C)CC[C@]4(C)[C@H]3CC[C@]12C. The van der Waals surface area contributed by atoms with Crippen LogP contribution in [0.15, 0.2) is 0 Å². The summed E-state index contributed by atoms with van der Waals surface area (Å²) in [7, 11) is 0. The molecule has 0 heterocycles. The first-order valence-corrected chi connectivity index (χ1v) is 13.5. The maximum Gasteiger partial charge on any atom is 0.0835 e. The molecule has 174 valence electrons. The van der Waals surface area contributed by atoms with Crippen molar-refractivity contribution in [3.63, 3.8) is 0 Å². The average molecular weight is 419 g/mol. The Bertz CT molecular complexity index is 601. The van der Waals surface area contributed by atoms with E-state index < -0.39 is 12.2 Å². The van der Waals surface area contributed by atoms with Crippen molar-refractivity contribution < 1.29 is 10.2 Å². The van der Waals surface area contributed by atoms with Crippen LogP contribution in [0.5, 0.6) is 0 Å². The van der Waals surface area contributed by atoms with Crippen LogP contribution in [0.3, 0.4) is 0 Å². The molecular weight excluding hydrogens is 368 g/mol. The Morgan fingerprint density at radius 3 is 2.17 bits per heavy atom. The highest BCUT2D eigenvalue weighted by molar-refractivity contribution is 5.13. The number of rotatable bonds is 5. The molecule has 0 aromatic heterocycles. The summed E-state index contributed by atoms with van der Waals surface area (Å²) in [4.78, 5) is 0. The fourth-order valence-electron chi connectivity index (χ4n) is 9.48. The van der Waals surface area contributed by atoms with Gasteiger partial charge in [0.1, 0.15) is 0 Å². The van der Waals surface area contributed by atoms with E-state index in [2.05, 4.69) is 41.5 Å². The van der Waals surface area contributed by atoms with E-state index >= 15 is 0 Å². The van der Waals surface area contributed by atoms with E-state index in [0.717, 1.165) is 24.2 Å². The van der Waals surface area contributed by atoms with Crippen molar-refractivity contribution in [3.05, 3.63) is 0 Å². The Balaban J connectivity index is 1.54. The average Bonchev–Trinajstić information content (AvgIpc) is 3.04. The van der Waals surface area contributed by atoms with Crippen molar-refractivity contribution in [2.45, 2.75) is 118 Å². The van der Waals surface area contributed by atoms with Crippen LogP contribution in [0.1, 0.15) is 106 Å². The highest BCUT2D eigenvalue weighted by atomic mass is 16.3. The topological polar surface area (TPSA) is 40.5 Å². The van der Waals surface area contributed by atoms with Crippen LogP contribution in [0.4, 0.5) is 0 Å². The van der Waals surface area contributed by atoms with Gasteiger partial charge in [0.2, 0.25) is 0 Å². The highest BCUT2D eigenvalue weighted by Gasteiger charge is 2.64. The first-order chi connectivity index (χ1) is 14.1. The lowest BCUT2D eigenvalue weighted by Gasteiger charge is -2.64. The van der Waals surface area contributed by atoms with E-state index in [1.54, 1.807) is 0 Å². The molecule has 0 spiro atoms. The van der Waals surface area contributed by atoms with Crippen molar-refractivity contribution in [2.24, 2.45) is 58.2 Å². The summed E-state index contributed by atoms with van der Waals surface area (Å²) in [5.74, 6) is 4.94. The summed E-state index contributed by atoms with van der Waals surface area (Å²) >= 11 is 0. The van der Waals surface area contributed by atoms with Crippen molar-refractivity contribution in [2.75, 3.05) is 0 Å². The van der Waals surface area contributed by atoms with Gasteiger partial charge in [0.05, 0.1) is 12.2 Å². The number of aliphatic hydroxyl groups excluding tert-OH is 2. The van der Waals surface area contributed by atoms with Gasteiger partial charge in [-0.2, -0.15) is 0 Å². The monoisotopic (exact) mass is 418 g/mol. The Labute approximate surface area is 186 Å². The molecule has 0 radical (unpaired) electrons. The number of fused-ring (bicyclic) bond motifs is 5. The van der Waals surface area contributed by atoms with Gasteiger partial charge in [0.15, 0.2) is 0 Å². The Hall–Kier alpha value is -0.0800. The van der Waals surface area contributed by atoms with Gasteiger partial charge in [-0.3, -0.25) is 0 Å². The van der Waals surface area contributed by atoms with Gasteiger partial charge in [0.25, 0.3) is 0 Å². The molecular formula is C28H50O2. The van der Waals surface area contributed by atoms with Gasteiger partial charge in [-0.25, -0.2) is 0 Å². The molecule has 0 unspecified atom stereocenters. The molecule has 4 rings (SSSR count). The van der Waals surface area contributed by atoms with E-state index in [-0.39, 0.29) is 5.41 Å². The van der Waals surface area contributed by atoms with Crippen LogP contribution < -0.4 is 0 Å². The summed E-state index contributed by atoms with van der Waals surface area (Å²) in [6.07, 6.45) is 12.0. The molecule has 0 aliphatic heterocycles. The van der Waals surface area contributed by atoms with Crippen LogP contribution in [-0.4, -0.2) is 22.4 Å². The molecule has 2 N–H and O–H groups in total. The molecule has 2 heteroatoms. The summed E-state index contributed by atoms with van der Waals surface area (Å²) < 4.78 is 0. The van der Waals surface area contributed by atoms with Crippen LogP contribution in [0, 0.1) is 58.2 Å². The van der Waals surface area contributed by atoms with Crippen LogP contribution >= 0.6 is 0 Å². The van der Waals surface area contributed by atoms with Gasteiger partial charge in [0, 0.05) is 0 Å². The first-order valence-electron chi connectivity index (χ1n) is 13.5. The lowest BCUT2D eigenvalue weighted by molar-refractivity contribution is -0.219. The summed E-state index contributed by atoms with van der Waals surface area (Å²) in [5, 5.41) is 22.7. The lowest BCUT2D eigenvalue weighted by atomic mass is 9.42. The summed E-state index contributed by atoms with van der Waals surface area (Å²) in [6, 6.07) is 0. The molecule has 4 fully saturated rings. The van der Waals surface area contributed by atoms with E-state index in [0.29, 0.717) is 35.0 Å². The number of aliphatic hydroxyl groups is 2. The molecule has 0 amide bonds. The zero-order valence-electron chi connectivity index (χ0n) is 20.7. The van der Waals surface area contributed by atoms with Crippen LogP contribution in [0.25, 0.3) is 0 Å². The molecule has 0 bridgehead atoms. The lowest BCUT2D eigenvalue weighted by Crippen LogP contribution is -2.63. The minimum atomic E-state index is -0.510. The molecule has 0 aromatic carbocycles. The molecule has 2 nitrogen and oxygen atoms in total. The van der Waals surface area contributed by atoms with Crippen molar-refractivity contribution in [1.29, 1.82) is 0 Å². The van der Waals surface area contributed by atoms with E-state index in [9.17, 15) is 10.2 Å². The second kappa shape index (κ2) is 8.36. The van der Waals surface area contributed by atoms with E-state index in [1.807, 2.05) is 0 Å². The second-order valence-electron chi connectivity index (χ2n) is 13.3. The van der Waals surface area contributed by atoms with Crippen LogP contribution in [0.2, 0.25) is 0 Å². The summed E-state index contributed by atoms with van der Waals surface area (Å²) in [6.45, 7) is 14.6. The minimum absolute atomic E-state index is 0.234. The second-order valence-corrected chi connectivity index (χ2v) is 13.3. The summed E-state index contributed by atoms with van der Waals surface area (Å²) in [5.41, 5.74) is 0.600. The van der Waals surface area contributed by atoms with Crippen molar-refractivity contribution in [3.8, 4) is 0 Å². The molecule has 0 aromatic rings. The maximum atomic E-state index is 11.5. The fourth-order valence-corrected chi connectivity index (χ4v) is 9.48. The largest absolute Gasteiger partial charge is 0.390 e. The zero-order valence-corrected chi connectivity index (χ0v) is 20.7. The third-order valence-electron chi connectivity index (χ3n) is 11.2. The molecule has 4 aliphatic rings. The van der Waals surface area contributed by atoms with Gasteiger partial charge in [-0.15, -0.1) is 0 Å². The Morgan fingerprint density at radius 1 is 0.800 bits per heavy atom. The standard InChI is InChI=1S/C28H50O2/c1-17(2)8-7-9-19(4)20-10-11-21-24-22(13-15-27(20,21)5)28(6)14-12-18(3)16-23(28)25(29)26(24)30/h17-26,29-30H,7-16H2,1-6H3/t18-,19+,20+,21-,22-,23+,24-,25+,26+,27+,28+/m0/s1. The Kier molecular flexibility index (Phi) is 6.44. The predicted molar refractivity (Wildman–Crippen MR) is 125 cm³/mol. The minimum Gasteiger partial charge on any atom is -0.390 e. The molecule has 11 atom stereocenters. The Morgan fingerprint density at radius 2 is 1.47 bits per heavy atom. The van der Waals surface area contributed by atoms with Gasteiger partial charge >= 0.3 is 0 Å². The van der Waals surface area contributed by atoms with Gasteiger partial charge in [-0.1, -0.05) is 67.2 Å². The first kappa shape index (κ1) is 23.1. The quantitative estimate of drug-likeness (QED) is 0.522. The molecule has 4 saturated carbocycles. The normalized spacial score (nSPS) is 51.9. The highest BCUT2D eigenvalue weighted by Crippen LogP contribution is 2.68. The van der Waals surface area contributed by atoms with E-state index in [4.69, 9.17) is 0 Å². The third-order valence-corrected chi connectivity index (χ3v) is 11.2. The van der Waals surface area contributed by atoms with Gasteiger partial charge in [-0.05, 0) is 96.7 Å². The molecule has 4 aliphatic carbocycles. The fraction of sp³-hybridized carbons (Fsp3) is 1.00. The molecule has 30 heavy (non-hydrogen) atoms. The molecule has 0 saturated heterocycles. The third kappa shape index (κ3) is 3.60. The van der Waals surface area contributed by atoms with Gasteiger partial charge < -0.3 is 10.2 Å². The number of hydrogen-bond donors (Lipinski definition) is 2.